The Bertz CT molecular complexity index is 843. The van der Waals surface area contributed by atoms with Crippen molar-refractivity contribution in [2.45, 2.75) is 36.2 Å². The molecule has 2 atom stereocenters. The maximum absolute atomic E-state index is 13.1. The Morgan fingerprint density at radius 3 is 2.48 bits per heavy atom. The minimum atomic E-state index is -3.45. The van der Waals surface area contributed by atoms with Crippen LogP contribution in [0.5, 0.6) is 0 Å². The Morgan fingerprint density at radius 1 is 0.913 bits per heavy atom. The number of benzene rings is 2. The van der Waals surface area contributed by atoms with Gasteiger partial charge in [-0.2, -0.15) is 4.31 Å². The van der Waals surface area contributed by atoms with E-state index in [2.05, 4.69) is 6.08 Å². The van der Waals surface area contributed by atoms with Crippen LogP contribution in [-0.4, -0.2) is 24.8 Å². The largest absolute Gasteiger partial charge is 0.243 e. The van der Waals surface area contributed by atoms with E-state index in [-0.39, 0.29) is 12.1 Å². The van der Waals surface area contributed by atoms with Gasteiger partial charge in [-0.15, -0.1) is 0 Å². The minimum Gasteiger partial charge on any atom is -0.207 e. The standard InChI is InChI=1S/C19H19NO2S/c21-23(22,20-17-9-5-10-18(20)13-12-17)19-11-4-8-16(14-19)15-6-2-1-3-7-15/h1-9,11,14,17-18H,10,12-13H2. The molecule has 0 N–H and O–H groups in total. The molecule has 23 heavy (non-hydrogen) atoms. The van der Waals surface area contributed by atoms with Crippen LogP contribution in [0.25, 0.3) is 11.1 Å². The Labute approximate surface area is 137 Å². The molecular weight excluding hydrogens is 306 g/mol. The number of fused-ring (bicyclic) bond motifs is 2. The Hall–Kier alpha value is -1.91. The average Bonchev–Trinajstić information content (AvgIpc) is 2.87. The highest BCUT2D eigenvalue weighted by atomic mass is 32.2. The summed E-state index contributed by atoms with van der Waals surface area (Å²) in [6.45, 7) is 0. The second kappa shape index (κ2) is 5.62. The Balaban J connectivity index is 1.74. The highest BCUT2D eigenvalue weighted by Gasteiger charge is 2.42. The first-order valence-corrected chi connectivity index (χ1v) is 9.46. The van der Waals surface area contributed by atoms with Gasteiger partial charge in [0, 0.05) is 12.1 Å². The third-order valence-electron chi connectivity index (χ3n) is 4.77. The van der Waals surface area contributed by atoms with Crippen LogP contribution in [0.3, 0.4) is 0 Å². The molecule has 2 bridgehead atoms. The SMILES string of the molecule is O=S(=O)(c1cccc(-c2ccccc2)c1)N1C2C=CCC1CC2. The lowest BCUT2D eigenvalue weighted by Gasteiger charge is -2.30. The predicted octanol–water partition coefficient (Wildman–Crippen LogP) is 3.84. The van der Waals surface area contributed by atoms with E-state index >= 15 is 0 Å². The van der Waals surface area contributed by atoms with Crippen molar-refractivity contribution in [3.63, 3.8) is 0 Å². The summed E-state index contributed by atoms with van der Waals surface area (Å²) in [6, 6.07) is 17.3. The number of hydrogen-bond donors (Lipinski definition) is 0. The number of hydrogen-bond acceptors (Lipinski definition) is 2. The summed E-state index contributed by atoms with van der Waals surface area (Å²) >= 11 is 0. The highest BCUT2D eigenvalue weighted by molar-refractivity contribution is 7.89. The molecule has 118 valence electrons. The second-order valence-corrected chi connectivity index (χ2v) is 8.03. The van der Waals surface area contributed by atoms with Gasteiger partial charge in [-0.3, -0.25) is 0 Å². The van der Waals surface area contributed by atoms with Gasteiger partial charge in [0.05, 0.1) is 4.90 Å². The minimum absolute atomic E-state index is 0.0270. The van der Waals surface area contributed by atoms with Gasteiger partial charge >= 0.3 is 0 Å². The van der Waals surface area contributed by atoms with E-state index in [9.17, 15) is 8.42 Å². The monoisotopic (exact) mass is 325 g/mol. The van der Waals surface area contributed by atoms with Crippen LogP contribution in [0, 0.1) is 0 Å². The maximum atomic E-state index is 13.1. The van der Waals surface area contributed by atoms with Gasteiger partial charge < -0.3 is 0 Å². The molecule has 1 fully saturated rings. The molecule has 4 rings (SSSR count). The van der Waals surface area contributed by atoms with Gasteiger partial charge in [-0.25, -0.2) is 8.42 Å². The molecule has 2 aromatic carbocycles. The van der Waals surface area contributed by atoms with Crippen molar-refractivity contribution < 1.29 is 8.42 Å². The summed E-state index contributed by atoms with van der Waals surface area (Å²) in [6.07, 6.45) is 6.87. The van der Waals surface area contributed by atoms with Crippen LogP contribution in [0.1, 0.15) is 19.3 Å². The summed E-state index contributed by atoms with van der Waals surface area (Å²) in [5.74, 6) is 0. The fourth-order valence-corrected chi connectivity index (χ4v) is 5.53. The van der Waals surface area contributed by atoms with Crippen molar-refractivity contribution >= 4 is 10.0 Å². The molecule has 0 radical (unpaired) electrons. The van der Waals surface area contributed by atoms with Crippen LogP contribution in [0.4, 0.5) is 0 Å². The summed E-state index contributed by atoms with van der Waals surface area (Å²) < 4.78 is 28.0. The van der Waals surface area contributed by atoms with Gasteiger partial charge in [0.25, 0.3) is 0 Å². The Kier molecular flexibility index (Phi) is 3.58. The molecular formula is C19H19NO2S. The van der Waals surface area contributed by atoms with Gasteiger partial charge in [-0.1, -0.05) is 54.6 Å². The van der Waals surface area contributed by atoms with Gasteiger partial charge in [0.15, 0.2) is 0 Å². The van der Waals surface area contributed by atoms with Gasteiger partial charge in [0.2, 0.25) is 10.0 Å². The van der Waals surface area contributed by atoms with E-state index in [4.69, 9.17) is 0 Å². The lowest BCUT2D eigenvalue weighted by atomic mass is 10.1. The van der Waals surface area contributed by atoms with Crippen LogP contribution in [0.15, 0.2) is 71.6 Å². The van der Waals surface area contributed by atoms with E-state index in [0.29, 0.717) is 4.90 Å². The topological polar surface area (TPSA) is 37.4 Å². The normalized spacial score (nSPS) is 24.0. The number of sulfonamides is 1. The first kappa shape index (κ1) is 14.7. The fourth-order valence-electron chi connectivity index (χ4n) is 3.65. The zero-order valence-corrected chi connectivity index (χ0v) is 13.6. The van der Waals surface area contributed by atoms with Crippen molar-refractivity contribution in [3.05, 3.63) is 66.7 Å². The third-order valence-corrected chi connectivity index (χ3v) is 6.74. The van der Waals surface area contributed by atoms with E-state index in [1.165, 1.54) is 0 Å². The van der Waals surface area contributed by atoms with Crippen LogP contribution >= 0.6 is 0 Å². The van der Waals surface area contributed by atoms with E-state index in [0.717, 1.165) is 30.4 Å². The zero-order chi connectivity index (χ0) is 15.9. The molecule has 0 amide bonds. The molecule has 0 aromatic heterocycles. The molecule has 2 unspecified atom stereocenters. The van der Waals surface area contributed by atoms with Crippen LogP contribution < -0.4 is 0 Å². The van der Waals surface area contributed by atoms with Crippen molar-refractivity contribution in [2.75, 3.05) is 0 Å². The van der Waals surface area contributed by atoms with Crippen molar-refractivity contribution in [2.24, 2.45) is 0 Å². The number of rotatable bonds is 3. The van der Waals surface area contributed by atoms with Crippen LogP contribution in [-0.2, 0) is 10.0 Å². The van der Waals surface area contributed by atoms with Gasteiger partial charge in [0.1, 0.15) is 0 Å². The average molecular weight is 325 g/mol. The molecule has 2 aliphatic heterocycles. The third kappa shape index (κ3) is 2.52. The van der Waals surface area contributed by atoms with Crippen molar-refractivity contribution in [1.82, 2.24) is 4.31 Å². The van der Waals surface area contributed by atoms with E-state index in [1.807, 2.05) is 48.5 Å². The summed E-state index contributed by atoms with van der Waals surface area (Å²) in [7, 11) is -3.45. The molecule has 0 spiro atoms. The lowest BCUT2D eigenvalue weighted by molar-refractivity contribution is 0.341. The predicted molar refractivity (Wildman–Crippen MR) is 91.5 cm³/mol. The van der Waals surface area contributed by atoms with E-state index in [1.54, 1.807) is 16.4 Å². The summed E-state index contributed by atoms with van der Waals surface area (Å²) in [4.78, 5) is 0.394. The van der Waals surface area contributed by atoms with Crippen molar-refractivity contribution in [1.29, 1.82) is 0 Å². The summed E-state index contributed by atoms with van der Waals surface area (Å²) in [5, 5.41) is 0. The first-order valence-electron chi connectivity index (χ1n) is 8.02. The quantitative estimate of drug-likeness (QED) is 0.804. The van der Waals surface area contributed by atoms with Crippen LogP contribution in [0.2, 0.25) is 0 Å². The van der Waals surface area contributed by atoms with E-state index < -0.39 is 10.0 Å². The van der Waals surface area contributed by atoms with Crippen molar-refractivity contribution in [3.8, 4) is 11.1 Å². The van der Waals surface area contributed by atoms with Gasteiger partial charge in [-0.05, 0) is 42.5 Å². The molecule has 4 heteroatoms. The second-order valence-electron chi connectivity index (χ2n) is 6.19. The fraction of sp³-hybridized carbons (Fsp3) is 0.263. The molecule has 3 nitrogen and oxygen atoms in total. The molecule has 1 saturated heterocycles. The molecule has 0 aliphatic carbocycles. The molecule has 0 saturated carbocycles. The molecule has 2 heterocycles. The maximum Gasteiger partial charge on any atom is 0.243 e. The summed E-state index contributed by atoms with van der Waals surface area (Å²) in [5.41, 5.74) is 1.97. The Morgan fingerprint density at radius 2 is 1.70 bits per heavy atom. The lowest BCUT2D eigenvalue weighted by Crippen LogP contribution is -2.41. The first-order chi connectivity index (χ1) is 11.2. The molecule has 2 aliphatic rings. The number of nitrogens with zero attached hydrogens (tertiary/aromatic N) is 1. The molecule has 2 aromatic rings. The smallest absolute Gasteiger partial charge is 0.207 e. The highest BCUT2D eigenvalue weighted by Crippen LogP contribution is 2.37. The zero-order valence-electron chi connectivity index (χ0n) is 12.8.